The van der Waals surface area contributed by atoms with Crippen LogP contribution in [0.15, 0.2) is 30.5 Å². The molecule has 2 N–H and O–H groups in total. The maximum Gasteiger partial charge on any atom is 0.177 e. The molecule has 3 aromatic heterocycles. The van der Waals surface area contributed by atoms with Gasteiger partial charge >= 0.3 is 0 Å². The summed E-state index contributed by atoms with van der Waals surface area (Å²) in [4.78, 5) is 25.0. The second-order valence-electron chi connectivity index (χ2n) is 11.9. The summed E-state index contributed by atoms with van der Waals surface area (Å²) in [6.45, 7) is 13.9. The number of imidazole rings is 1. The Morgan fingerprint density at radius 1 is 1.15 bits per heavy atom. The smallest absolute Gasteiger partial charge is 0.177 e. The molecule has 0 fully saturated rings. The number of aromatic amines is 1. The van der Waals surface area contributed by atoms with Crippen LogP contribution in [0.4, 0.5) is 5.82 Å². The van der Waals surface area contributed by atoms with Gasteiger partial charge in [-0.25, -0.2) is 19.9 Å². The molecule has 1 aliphatic heterocycles. The van der Waals surface area contributed by atoms with Gasteiger partial charge in [0.2, 0.25) is 0 Å². The molecular weight excluding hydrogens is 486 g/mol. The number of hydrogen-bond donors (Lipinski definition) is 2. The van der Waals surface area contributed by atoms with Crippen molar-refractivity contribution in [2.24, 2.45) is 5.41 Å². The lowest BCUT2D eigenvalue weighted by Gasteiger charge is -2.34. The molecule has 39 heavy (non-hydrogen) atoms. The quantitative estimate of drug-likeness (QED) is 0.342. The molecule has 4 aromatic rings. The van der Waals surface area contributed by atoms with E-state index in [-0.39, 0.29) is 5.41 Å². The van der Waals surface area contributed by atoms with Gasteiger partial charge in [-0.1, -0.05) is 26.8 Å². The maximum absolute atomic E-state index is 6.24. The van der Waals surface area contributed by atoms with Gasteiger partial charge < -0.3 is 19.9 Å². The molecule has 0 saturated heterocycles. The molecule has 6 rings (SSSR count). The Labute approximate surface area is 230 Å². The van der Waals surface area contributed by atoms with Crippen LogP contribution in [0.1, 0.15) is 69.0 Å². The minimum Gasteiger partial charge on any atom is -0.491 e. The van der Waals surface area contributed by atoms with Gasteiger partial charge in [0.05, 0.1) is 18.6 Å². The molecule has 1 atom stereocenters. The zero-order chi connectivity index (χ0) is 27.1. The summed E-state index contributed by atoms with van der Waals surface area (Å²) in [7, 11) is 0. The molecule has 0 radical (unpaired) electrons. The van der Waals surface area contributed by atoms with Crippen molar-refractivity contribution >= 4 is 17.0 Å². The summed E-state index contributed by atoms with van der Waals surface area (Å²) in [5.41, 5.74) is 7.80. The van der Waals surface area contributed by atoms with Crippen molar-refractivity contribution in [2.45, 2.75) is 79.4 Å². The first kappa shape index (κ1) is 25.7. The van der Waals surface area contributed by atoms with Gasteiger partial charge in [0.25, 0.3) is 0 Å². The SMILES string of the molecule is CC[C@@H](C)NCc1nc2c(c(N3CCOc4ccc(-c5cnc6nc(C)[nH]c6c5)cc4C3)n1)CC(C)(C)CC2. The molecule has 0 spiro atoms. The normalized spacial score (nSPS) is 17.3. The molecule has 2 aliphatic rings. The predicted molar refractivity (Wildman–Crippen MR) is 155 cm³/mol. The molecule has 1 aliphatic carbocycles. The lowest BCUT2D eigenvalue weighted by Crippen LogP contribution is -2.33. The average Bonchev–Trinajstić information content (AvgIpc) is 3.16. The summed E-state index contributed by atoms with van der Waals surface area (Å²) in [5.74, 6) is 3.77. The van der Waals surface area contributed by atoms with Crippen molar-refractivity contribution in [1.82, 2.24) is 30.2 Å². The number of H-pyrrole nitrogens is 1. The van der Waals surface area contributed by atoms with Crippen molar-refractivity contribution in [1.29, 1.82) is 0 Å². The van der Waals surface area contributed by atoms with E-state index in [0.717, 1.165) is 89.8 Å². The first-order chi connectivity index (χ1) is 18.8. The first-order valence-electron chi connectivity index (χ1n) is 14.2. The van der Waals surface area contributed by atoms with E-state index in [1.807, 2.05) is 13.1 Å². The average molecular weight is 526 g/mol. The largest absolute Gasteiger partial charge is 0.491 e. The van der Waals surface area contributed by atoms with Crippen LogP contribution in [0, 0.1) is 12.3 Å². The van der Waals surface area contributed by atoms with E-state index in [9.17, 15) is 0 Å². The van der Waals surface area contributed by atoms with Crippen LogP contribution in [0.3, 0.4) is 0 Å². The van der Waals surface area contributed by atoms with E-state index in [1.165, 1.54) is 11.3 Å². The third-order valence-electron chi connectivity index (χ3n) is 8.16. The highest BCUT2D eigenvalue weighted by molar-refractivity contribution is 5.78. The fraction of sp³-hybridized carbons (Fsp3) is 0.484. The van der Waals surface area contributed by atoms with Crippen LogP contribution in [0.2, 0.25) is 0 Å². The number of fused-ring (bicyclic) bond motifs is 3. The minimum atomic E-state index is 0.242. The van der Waals surface area contributed by atoms with E-state index in [1.54, 1.807) is 0 Å². The highest BCUT2D eigenvalue weighted by atomic mass is 16.5. The Kier molecular flexibility index (Phi) is 6.75. The third kappa shape index (κ3) is 5.35. The summed E-state index contributed by atoms with van der Waals surface area (Å²) in [5, 5.41) is 3.59. The Hall–Kier alpha value is -3.52. The van der Waals surface area contributed by atoms with Crippen molar-refractivity contribution in [3.8, 4) is 16.9 Å². The van der Waals surface area contributed by atoms with E-state index in [4.69, 9.17) is 14.7 Å². The molecule has 0 bridgehead atoms. The molecular formula is C31H39N7O. The number of nitrogens with zero attached hydrogens (tertiary/aromatic N) is 5. The number of anilines is 1. The first-order valence-corrected chi connectivity index (χ1v) is 14.2. The summed E-state index contributed by atoms with van der Waals surface area (Å²) in [6.07, 6.45) is 6.13. The van der Waals surface area contributed by atoms with E-state index >= 15 is 0 Å². The standard InChI is InChI=1S/C31H39N7O/c1-6-19(2)32-17-28-36-25-9-10-31(4,5)15-24(25)30(37-28)38-11-12-39-27-8-7-21(13-23(27)18-38)22-14-26-29(33-16-22)35-20(3)34-26/h7-8,13-14,16,19,32H,6,9-12,15,17-18H2,1-5H3,(H,33,34,35)/t19-/m1/s1. The highest BCUT2D eigenvalue weighted by Gasteiger charge is 2.31. The molecule has 1 aromatic carbocycles. The Bertz CT molecular complexity index is 1510. The summed E-state index contributed by atoms with van der Waals surface area (Å²) < 4.78 is 6.24. The molecule has 0 amide bonds. The second kappa shape index (κ2) is 10.2. The molecule has 8 nitrogen and oxygen atoms in total. The van der Waals surface area contributed by atoms with Gasteiger partial charge in [-0.05, 0) is 68.7 Å². The zero-order valence-electron chi connectivity index (χ0n) is 23.8. The van der Waals surface area contributed by atoms with Crippen molar-refractivity contribution in [3.05, 3.63) is 58.9 Å². The van der Waals surface area contributed by atoms with Crippen molar-refractivity contribution < 1.29 is 4.74 Å². The number of nitrogens with one attached hydrogen (secondary N) is 2. The van der Waals surface area contributed by atoms with E-state index < -0.39 is 0 Å². The topological polar surface area (TPSA) is 91.9 Å². The van der Waals surface area contributed by atoms with Crippen molar-refractivity contribution in [2.75, 3.05) is 18.1 Å². The second-order valence-corrected chi connectivity index (χ2v) is 11.9. The summed E-state index contributed by atoms with van der Waals surface area (Å²) in [6, 6.07) is 9.01. The fourth-order valence-electron chi connectivity index (χ4n) is 5.66. The van der Waals surface area contributed by atoms with Crippen LogP contribution in [0.5, 0.6) is 5.75 Å². The van der Waals surface area contributed by atoms with Gasteiger partial charge in [-0.15, -0.1) is 0 Å². The van der Waals surface area contributed by atoms with Crippen LogP contribution >= 0.6 is 0 Å². The number of hydrogen-bond acceptors (Lipinski definition) is 7. The Balaban J connectivity index is 1.35. The molecule has 204 valence electrons. The number of ether oxygens (including phenoxy) is 1. The minimum absolute atomic E-state index is 0.242. The number of benzene rings is 1. The fourth-order valence-corrected chi connectivity index (χ4v) is 5.66. The maximum atomic E-state index is 6.24. The van der Waals surface area contributed by atoms with Gasteiger partial charge in [0, 0.05) is 41.2 Å². The Morgan fingerprint density at radius 3 is 2.87 bits per heavy atom. The predicted octanol–water partition coefficient (Wildman–Crippen LogP) is 5.53. The summed E-state index contributed by atoms with van der Waals surface area (Å²) >= 11 is 0. The molecule has 4 heterocycles. The van der Waals surface area contributed by atoms with Crippen LogP contribution in [0.25, 0.3) is 22.3 Å². The van der Waals surface area contributed by atoms with E-state index in [2.05, 4.69) is 77.1 Å². The van der Waals surface area contributed by atoms with Crippen LogP contribution < -0.4 is 15.0 Å². The van der Waals surface area contributed by atoms with Crippen molar-refractivity contribution in [3.63, 3.8) is 0 Å². The van der Waals surface area contributed by atoms with Crippen LogP contribution in [-0.4, -0.2) is 44.1 Å². The zero-order valence-corrected chi connectivity index (χ0v) is 23.8. The van der Waals surface area contributed by atoms with Gasteiger partial charge in [0.15, 0.2) is 5.65 Å². The number of aromatic nitrogens is 5. The molecule has 8 heteroatoms. The van der Waals surface area contributed by atoms with Gasteiger partial charge in [0.1, 0.15) is 29.8 Å². The number of rotatable bonds is 6. The molecule has 0 unspecified atom stereocenters. The number of pyridine rings is 1. The van der Waals surface area contributed by atoms with Crippen LogP contribution in [-0.2, 0) is 25.9 Å². The third-order valence-corrected chi connectivity index (χ3v) is 8.16. The Morgan fingerprint density at radius 2 is 2.03 bits per heavy atom. The lowest BCUT2D eigenvalue weighted by molar-refractivity contribution is 0.310. The monoisotopic (exact) mass is 525 g/mol. The van der Waals surface area contributed by atoms with E-state index in [0.29, 0.717) is 19.2 Å². The highest BCUT2D eigenvalue weighted by Crippen LogP contribution is 2.39. The number of aryl methyl sites for hydroxylation is 2. The van der Waals surface area contributed by atoms with Gasteiger partial charge in [-0.2, -0.15) is 0 Å². The van der Waals surface area contributed by atoms with Gasteiger partial charge in [-0.3, -0.25) is 0 Å². The lowest BCUT2D eigenvalue weighted by atomic mass is 9.76. The molecule has 0 saturated carbocycles.